The van der Waals surface area contributed by atoms with Crippen molar-refractivity contribution in [2.75, 3.05) is 33.5 Å². The van der Waals surface area contributed by atoms with E-state index in [0.29, 0.717) is 6.61 Å². The third kappa shape index (κ3) is 6.46. The molecule has 0 amide bonds. The maximum absolute atomic E-state index is 5.43. The van der Waals surface area contributed by atoms with E-state index in [1.54, 1.807) is 7.11 Å². The van der Waals surface area contributed by atoms with Crippen molar-refractivity contribution >= 4 is 0 Å². The highest BCUT2D eigenvalue weighted by Crippen LogP contribution is 2.34. The van der Waals surface area contributed by atoms with Gasteiger partial charge in [-0.05, 0) is 38.1 Å². The highest BCUT2D eigenvalue weighted by Gasteiger charge is 2.29. The smallest absolute Gasteiger partial charge is 0.0700 e. The lowest BCUT2D eigenvalue weighted by molar-refractivity contribution is 0.0691. The minimum absolute atomic E-state index is 0.702. The van der Waals surface area contributed by atoms with Gasteiger partial charge in [0.1, 0.15) is 0 Å². The van der Waals surface area contributed by atoms with E-state index in [2.05, 4.69) is 12.2 Å². The Kier molecular flexibility index (Phi) is 7.81. The first-order valence-corrected chi connectivity index (χ1v) is 6.68. The maximum atomic E-state index is 5.43. The van der Waals surface area contributed by atoms with Crippen LogP contribution in [0.4, 0.5) is 0 Å². The molecule has 3 heteroatoms. The van der Waals surface area contributed by atoms with Crippen molar-refractivity contribution in [2.24, 2.45) is 5.92 Å². The van der Waals surface area contributed by atoms with Crippen molar-refractivity contribution < 1.29 is 9.47 Å². The number of ether oxygens (including phenoxy) is 2. The van der Waals surface area contributed by atoms with Crippen LogP contribution in [0, 0.1) is 5.92 Å². The zero-order valence-corrected chi connectivity index (χ0v) is 10.8. The van der Waals surface area contributed by atoms with Crippen molar-refractivity contribution in [3.8, 4) is 0 Å². The van der Waals surface area contributed by atoms with Gasteiger partial charge < -0.3 is 14.8 Å². The summed E-state index contributed by atoms with van der Waals surface area (Å²) in [6.07, 6.45) is 6.59. The Morgan fingerprint density at radius 3 is 2.69 bits per heavy atom. The van der Waals surface area contributed by atoms with Gasteiger partial charge in [0.15, 0.2) is 0 Å². The van der Waals surface area contributed by atoms with E-state index in [4.69, 9.17) is 9.47 Å². The second kappa shape index (κ2) is 8.97. The summed E-state index contributed by atoms with van der Waals surface area (Å²) in [5, 5.41) is 3.66. The van der Waals surface area contributed by atoms with E-state index in [-0.39, 0.29) is 0 Å². The normalized spacial score (nSPS) is 17.6. The second-order valence-corrected chi connectivity index (χ2v) is 4.65. The molecule has 0 aliphatic heterocycles. The van der Waals surface area contributed by atoms with Crippen LogP contribution in [0.25, 0.3) is 0 Å². The van der Waals surface area contributed by atoms with E-state index in [1.807, 2.05) is 0 Å². The monoisotopic (exact) mass is 229 g/mol. The van der Waals surface area contributed by atoms with Crippen molar-refractivity contribution in [2.45, 2.75) is 45.1 Å². The van der Waals surface area contributed by atoms with Crippen LogP contribution in [0.1, 0.15) is 39.0 Å². The summed E-state index contributed by atoms with van der Waals surface area (Å²) < 4.78 is 10.3. The first kappa shape index (κ1) is 13.9. The Morgan fingerprint density at radius 2 is 2.06 bits per heavy atom. The van der Waals surface area contributed by atoms with Gasteiger partial charge in [0.2, 0.25) is 0 Å². The van der Waals surface area contributed by atoms with Gasteiger partial charge in [0.05, 0.1) is 13.2 Å². The number of hydrogen-bond donors (Lipinski definition) is 1. The molecular formula is C13H27NO2. The Morgan fingerprint density at radius 1 is 1.25 bits per heavy atom. The van der Waals surface area contributed by atoms with E-state index in [1.165, 1.54) is 25.7 Å². The summed E-state index contributed by atoms with van der Waals surface area (Å²) >= 11 is 0. The molecule has 1 saturated carbocycles. The summed E-state index contributed by atoms with van der Waals surface area (Å²) in [6, 6.07) is 0.768. The quantitative estimate of drug-likeness (QED) is 0.551. The molecule has 1 atom stereocenters. The first-order valence-electron chi connectivity index (χ1n) is 6.68. The first-order chi connectivity index (χ1) is 7.88. The molecule has 0 aromatic carbocycles. The van der Waals surface area contributed by atoms with Crippen LogP contribution >= 0.6 is 0 Å². The Labute approximate surface area is 99.9 Å². The Hall–Kier alpha value is -0.120. The average Bonchev–Trinajstić information content (AvgIpc) is 3.10. The van der Waals surface area contributed by atoms with Crippen LogP contribution in [0.3, 0.4) is 0 Å². The predicted octanol–water partition coefficient (Wildman–Crippen LogP) is 2.21. The molecule has 3 nitrogen and oxygen atoms in total. The van der Waals surface area contributed by atoms with E-state index >= 15 is 0 Å². The molecule has 0 heterocycles. The fourth-order valence-electron chi connectivity index (χ4n) is 2.02. The van der Waals surface area contributed by atoms with Gasteiger partial charge in [0.25, 0.3) is 0 Å². The zero-order chi connectivity index (χ0) is 11.6. The highest BCUT2D eigenvalue weighted by molar-refractivity contribution is 4.85. The zero-order valence-electron chi connectivity index (χ0n) is 10.8. The van der Waals surface area contributed by atoms with Crippen molar-refractivity contribution in [3.05, 3.63) is 0 Å². The number of hydrogen-bond acceptors (Lipinski definition) is 3. The molecule has 0 spiro atoms. The summed E-state index contributed by atoms with van der Waals surface area (Å²) in [5.74, 6) is 0.967. The molecule has 1 unspecified atom stereocenters. The minimum Gasteiger partial charge on any atom is -0.382 e. The maximum Gasteiger partial charge on any atom is 0.0700 e. The van der Waals surface area contributed by atoms with Gasteiger partial charge in [-0.2, -0.15) is 0 Å². The molecule has 1 aliphatic rings. The van der Waals surface area contributed by atoms with Crippen LogP contribution in [0.2, 0.25) is 0 Å². The second-order valence-electron chi connectivity index (χ2n) is 4.65. The fourth-order valence-corrected chi connectivity index (χ4v) is 2.02. The lowest BCUT2D eigenvalue weighted by atomic mass is 10.1. The van der Waals surface area contributed by atoms with Crippen molar-refractivity contribution in [1.82, 2.24) is 5.32 Å². The number of rotatable bonds is 11. The average molecular weight is 229 g/mol. The molecule has 1 N–H and O–H groups in total. The van der Waals surface area contributed by atoms with Gasteiger partial charge in [0, 0.05) is 19.8 Å². The lowest BCUT2D eigenvalue weighted by Gasteiger charge is -2.17. The lowest BCUT2D eigenvalue weighted by Crippen LogP contribution is -2.32. The summed E-state index contributed by atoms with van der Waals surface area (Å²) in [6.45, 7) is 5.63. The Bertz CT molecular complexity index is 160. The van der Waals surface area contributed by atoms with E-state index in [9.17, 15) is 0 Å². The number of methoxy groups -OCH3 is 1. The highest BCUT2D eigenvalue weighted by atomic mass is 16.5. The Balaban J connectivity index is 1.88. The molecule has 0 bridgehead atoms. The van der Waals surface area contributed by atoms with Crippen molar-refractivity contribution in [3.63, 3.8) is 0 Å². The summed E-state index contributed by atoms with van der Waals surface area (Å²) in [7, 11) is 1.70. The van der Waals surface area contributed by atoms with Crippen LogP contribution in [0.5, 0.6) is 0 Å². The molecule has 0 aromatic heterocycles. The molecule has 0 radical (unpaired) electrons. The van der Waals surface area contributed by atoms with Crippen LogP contribution in [-0.4, -0.2) is 39.5 Å². The molecule has 96 valence electrons. The molecule has 1 rings (SSSR count). The van der Waals surface area contributed by atoms with E-state index in [0.717, 1.165) is 38.1 Å². The fraction of sp³-hybridized carbons (Fsp3) is 1.00. The molecule has 16 heavy (non-hydrogen) atoms. The third-order valence-corrected chi connectivity index (χ3v) is 3.09. The molecule has 1 aliphatic carbocycles. The van der Waals surface area contributed by atoms with Gasteiger partial charge in [-0.1, -0.05) is 13.3 Å². The molecular weight excluding hydrogens is 202 g/mol. The minimum atomic E-state index is 0.702. The largest absolute Gasteiger partial charge is 0.382 e. The van der Waals surface area contributed by atoms with Crippen molar-refractivity contribution in [1.29, 1.82) is 0 Å². The SMILES string of the molecule is CCCC(NCCCOCCOC)C1CC1. The van der Waals surface area contributed by atoms with Crippen LogP contribution < -0.4 is 5.32 Å². The summed E-state index contributed by atoms with van der Waals surface area (Å²) in [5.41, 5.74) is 0. The van der Waals surface area contributed by atoms with Crippen LogP contribution in [-0.2, 0) is 9.47 Å². The van der Waals surface area contributed by atoms with Gasteiger partial charge in [-0.25, -0.2) is 0 Å². The molecule has 0 aromatic rings. The van der Waals surface area contributed by atoms with Gasteiger partial charge in [-0.15, -0.1) is 0 Å². The predicted molar refractivity (Wildman–Crippen MR) is 66.7 cm³/mol. The van der Waals surface area contributed by atoms with E-state index < -0.39 is 0 Å². The molecule has 1 fully saturated rings. The molecule has 0 saturated heterocycles. The van der Waals surface area contributed by atoms with Gasteiger partial charge in [-0.3, -0.25) is 0 Å². The summed E-state index contributed by atoms with van der Waals surface area (Å²) in [4.78, 5) is 0. The van der Waals surface area contributed by atoms with Gasteiger partial charge >= 0.3 is 0 Å². The standard InChI is InChI=1S/C13H27NO2/c1-3-5-13(12-6-7-12)14-8-4-9-16-11-10-15-2/h12-14H,3-11H2,1-2H3. The topological polar surface area (TPSA) is 30.5 Å². The van der Waals surface area contributed by atoms with Crippen LogP contribution in [0.15, 0.2) is 0 Å². The number of nitrogens with one attached hydrogen (secondary N) is 1. The third-order valence-electron chi connectivity index (χ3n) is 3.09.